The molecule has 1 heterocycles. The third kappa shape index (κ3) is 4.84. The molecule has 7 heteroatoms. The summed E-state index contributed by atoms with van der Waals surface area (Å²) in [7, 11) is 0. The molecule has 7 nitrogen and oxygen atoms in total. The highest BCUT2D eigenvalue weighted by Gasteiger charge is 2.50. The lowest BCUT2D eigenvalue weighted by molar-refractivity contribution is -0.142. The second-order valence-corrected chi connectivity index (χ2v) is 7.71. The Balaban J connectivity index is 2.76. The molecule has 0 aromatic carbocycles. The van der Waals surface area contributed by atoms with Crippen LogP contribution in [0.5, 0.6) is 0 Å². The maximum atomic E-state index is 12.0. The number of hydrogen-bond donors (Lipinski definition) is 3. The number of aliphatic hydroxyl groups is 1. The minimum atomic E-state index is -0.947. The van der Waals surface area contributed by atoms with Crippen molar-refractivity contribution in [1.29, 1.82) is 0 Å². The summed E-state index contributed by atoms with van der Waals surface area (Å²) in [6.45, 7) is 11.1. The number of aliphatic hydroxyl groups excluding tert-OH is 1. The van der Waals surface area contributed by atoms with Crippen LogP contribution in [0.2, 0.25) is 0 Å². The van der Waals surface area contributed by atoms with Crippen LogP contribution < -0.4 is 5.32 Å². The zero-order chi connectivity index (χ0) is 17.3. The van der Waals surface area contributed by atoms with E-state index in [0.29, 0.717) is 0 Å². The van der Waals surface area contributed by atoms with Gasteiger partial charge in [0.15, 0.2) is 0 Å². The Labute approximate surface area is 131 Å². The van der Waals surface area contributed by atoms with Gasteiger partial charge in [0, 0.05) is 18.6 Å². The highest BCUT2D eigenvalue weighted by Crippen LogP contribution is 2.30. The van der Waals surface area contributed by atoms with Crippen molar-refractivity contribution in [3.63, 3.8) is 0 Å². The highest BCUT2D eigenvalue weighted by atomic mass is 16.6. The van der Waals surface area contributed by atoms with Crippen LogP contribution in [0.15, 0.2) is 0 Å². The number of carboxylic acids is 1. The molecule has 1 atom stereocenters. The van der Waals surface area contributed by atoms with Gasteiger partial charge in [-0.3, -0.25) is 4.79 Å². The Morgan fingerprint density at radius 3 is 2.14 bits per heavy atom. The molecule has 0 aromatic rings. The molecule has 1 aliphatic rings. The van der Waals surface area contributed by atoms with Crippen molar-refractivity contribution < 1.29 is 24.5 Å². The summed E-state index contributed by atoms with van der Waals surface area (Å²) in [4.78, 5) is 24.6. The molecule has 3 N–H and O–H groups in total. The van der Waals surface area contributed by atoms with Gasteiger partial charge in [0.25, 0.3) is 0 Å². The van der Waals surface area contributed by atoms with Crippen molar-refractivity contribution in [3.8, 4) is 0 Å². The number of likely N-dealkylation sites (tertiary alicyclic amines) is 1. The van der Waals surface area contributed by atoms with Crippen LogP contribution in [0.25, 0.3) is 0 Å². The molecule has 128 valence electrons. The number of hydrogen-bond acceptors (Lipinski definition) is 5. The molecule has 1 amide bonds. The number of carbonyl (C=O) groups excluding carboxylic acids is 1. The van der Waals surface area contributed by atoms with Crippen LogP contribution in [0.1, 0.15) is 48.0 Å². The number of nitrogens with one attached hydrogen (secondary N) is 1. The van der Waals surface area contributed by atoms with Gasteiger partial charge in [-0.2, -0.15) is 0 Å². The summed E-state index contributed by atoms with van der Waals surface area (Å²) >= 11 is 0. The van der Waals surface area contributed by atoms with Gasteiger partial charge in [0.05, 0.1) is 18.1 Å². The summed E-state index contributed by atoms with van der Waals surface area (Å²) in [5, 5.41) is 22.1. The maximum Gasteiger partial charge on any atom is 0.410 e. The number of carbonyl (C=O) groups is 2. The van der Waals surface area contributed by atoms with Gasteiger partial charge in [-0.15, -0.1) is 0 Å². The lowest BCUT2D eigenvalue weighted by atomic mass is 9.82. The predicted octanol–water partition coefficient (Wildman–Crippen LogP) is 1.20. The monoisotopic (exact) mass is 316 g/mol. The van der Waals surface area contributed by atoms with Crippen LogP contribution in [-0.2, 0) is 9.53 Å². The molecule has 0 bridgehead atoms. The minimum Gasteiger partial charge on any atom is -0.481 e. The molecule has 0 radical (unpaired) electrons. The smallest absolute Gasteiger partial charge is 0.410 e. The molecule has 0 aliphatic carbocycles. The van der Waals surface area contributed by atoms with E-state index in [2.05, 4.69) is 5.32 Å². The molecule has 0 saturated carbocycles. The molecule has 1 rings (SSSR count). The first-order valence-electron chi connectivity index (χ1n) is 7.43. The molecule has 0 spiro atoms. The summed E-state index contributed by atoms with van der Waals surface area (Å²) in [6, 6.07) is 0. The standard InChI is InChI=1S/C15H28N2O5/c1-10(18)14(5,6)16-15(7-11(19)20)8-17(9-15)12(21)22-13(2,3)4/h10,16,18H,7-9H2,1-6H3,(H,19,20). The van der Waals surface area contributed by atoms with Crippen LogP contribution in [0, 0.1) is 0 Å². The van der Waals surface area contributed by atoms with Gasteiger partial charge in [-0.25, -0.2) is 4.79 Å². The summed E-state index contributed by atoms with van der Waals surface area (Å²) in [5.74, 6) is -0.947. The molecule has 1 aliphatic heterocycles. The normalized spacial score (nSPS) is 19.3. The maximum absolute atomic E-state index is 12.0. The van der Waals surface area contributed by atoms with E-state index < -0.39 is 34.8 Å². The average Bonchev–Trinajstić information content (AvgIpc) is 2.20. The average molecular weight is 316 g/mol. The van der Waals surface area contributed by atoms with E-state index in [1.54, 1.807) is 41.5 Å². The first-order valence-corrected chi connectivity index (χ1v) is 7.43. The van der Waals surface area contributed by atoms with E-state index in [-0.39, 0.29) is 19.5 Å². The lowest BCUT2D eigenvalue weighted by Gasteiger charge is -2.53. The Morgan fingerprint density at radius 1 is 1.27 bits per heavy atom. The van der Waals surface area contributed by atoms with Crippen LogP contribution in [0.4, 0.5) is 4.79 Å². The van der Waals surface area contributed by atoms with Crippen molar-refractivity contribution in [1.82, 2.24) is 10.2 Å². The van der Waals surface area contributed by atoms with Crippen LogP contribution in [-0.4, -0.2) is 63.0 Å². The number of rotatable bonds is 5. The van der Waals surface area contributed by atoms with Crippen molar-refractivity contribution in [2.45, 2.75) is 70.7 Å². The number of aliphatic carboxylic acids is 1. The molecule has 0 aromatic heterocycles. The Morgan fingerprint density at radius 2 is 1.77 bits per heavy atom. The molecule has 1 saturated heterocycles. The first kappa shape index (κ1) is 18.7. The number of carboxylic acid groups (broad SMARTS) is 1. The molecule has 22 heavy (non-hydrogen) atoms. The van der Waals surface area contributed by atoms with E-state index in [1.807, 2.05) is 0 Å². The van der Waals surface area contributed by atoms with Crippen LogP contribution in [0.3, 0.4) is 0 Å². The largest absolute Gasteiger partial charge is 0.481 e. The highest BCUT2D eigenvalue weighted by molar-refractivity contribution is 5.73. The zero-order valence-corrected chi connectivity index (χ0v) is 14.3. The molecule has 1 fully saturated rings. The van der Waals surface area contributed by atoms with E-state index in [1.165, 1.54) is 4.90 Å². The lowest BCUT2D eigenvalue weighted by Crippen LogP contribution is -2.75. The Hall–Kier alpha value is -1.34. The number of ether oxygens (including phenoxy) is 1. The fourth-order valence-electron chi connectivity index (χ4n) is 2.45. The number of amides is 1. The van der Waals surface area contributed by atoms with E-state index in [0.717, 1.165) is 0 Å². The van der Waals surface area contributed by atoms with Gasteiger partial charge in [-0.1, -0.05) is 0 Å². The Bertz CT molecular complexity index is 434. The van der Waals surface area contributed by atoms with Gasteiger partial charge in [0.2, 0.25) is 0 Å². The van der Waals surface area contributed by atoms with Crippen molar-refractivity contribution in [2.75, 3.05) is 13.1 Å². The van der Waals surface area contributed by atoms with Gasteiger partial charge in [-0.05, 0) is 41.5 Å². The first-order chi connectivity index (χ1) is 9.76. The van der Waals surface area contributed by atoms with Crippen LogP contribution >= 0.6 is 0 Å². The second kappa shape index (κ2) is 6.04. The molecule has 1 unspecified atom stereocenters. The van der Waals surface area contributed by atoms with E-state index in [4.69, 9.17) is 9.84 Å². The fourth-order valence-corrected chi connectivity index (χ4v) is 2.45. The van der Waals surface area contributed by atoms with Crippen molar-refractivity contribution in [2.24, 2.45) is 0 Å². The summed E-state index contributed by atoms with van der Waals surface area (Å²) in [6.07, 6.45) is -1.23. The number of nitrogens with zero attached hydrogens (tertiary/aromatic N) is 1. The van der Waals surface area contributed by atoms with E-state index >= 15 is 0 Å². The third-order valence-electron chi connectivity index (χ3n) is 3.76. The fraction of sp³-hybridized carbons (Fsp3) is 0.867. The zero-order valence-electron chi connectivity index (χ0n) is 14.3. The summed E-state index contributed by atoms with van der Waals surface area (Å²) < 4.78 is 5.28. The van der Waals surface area contributed by atoms with Crippen molar-refractivity contribution in [3.05, 3.63) is 0 Å². The van der Waals surface area contributed by atoms with E-state index in [9.17, 15) is 14.7 Å². The van der Waals surface area contributed by atoms with Gasteiger partial charge < -0.3 is 25.2 Å². The topological polar surface area (TPSA) is 99.1 Å². The molecular formula is C15H28N2O5. The van der Waals surface area contributed by atoms with Crippen molar-refractivity contribution >= 4 is 12.1 Å². The molecular weight excluding hydrogens is 288 g/mol. The second-order valence-electron chi connectivity index (χ2n) is 7.71. The summed E-state index contributed by atoms with van der Waals surface area (Å²) in [5.41, 5.74) is -1.99. The Kier molecular flexibility index (Phi) is 5.14. The third-order valence-corrected chi connectivity index (χ3v) is 3.76. The predicted molar refractivity (Wildman–Crippen MR) is 81.7 cm³/mol. The SMILES string of the molecule is CC(O)C(C)(C)NC1(CC(=O)O)CN(C(=O)OC(C)(C)C)C1. The van der Waals surface area contributed by atoms with Gasteiger partial charge >= 0.3 is 12.1 Å². The van der Waals surface area contributed by atoms with Gasteiger partial charge in [0.1, 0.15) is 5.60 Å². The minimum absolute atomic E-state index is 0.123. The quantitative estimate of drug-likeness (QED) is 0.705.